The lowest BCUT2D eigenvalue weighted by molar-refractivity contribution is -0.0779. The molecular weight excluding hydrogens is 194 g/mol. The highest BCUT2D eigenvalue weighted by Crippen LogP contribution is 2.09. The SMILES string of the molecule is COC(O)c1ccc2ccccn2c1=O. The Morgan fingerprint density at radius 1 is 1.33 bits per heavy atom. The molecule has 2 heterocycles. The minimum Gasteiger partial charge on any atom is -0.364 e. The largest absolute Gasteiger partial charge is 0.364 e. The van der Waals surface area contributed by atoms with Gasteiger partial charge in [0.25, 0.3) is 5.56 Å². The lowest BCUT2D eigenvalue weighted by atomic mass is 10.2. The predicted molar refractivity (Wildman–Crippen MR) is 55.6 cm³/mol. The number of ether oxygens (including phenoxy) is 1. The molecule has 0 amide bonds. The number of fused-ring (bicyclic) bond motifs is 1. The summed E-state index contributed by atoms with van der Waals surface area (Å²) in [4.78, 5) is 11.9. The van der Waals surface area contributed by atoms with E-state index in [4.69, 9.17) is 4.74 Å². The molecule has 0 spiro atoms. The molecule has 0 radical (unpaired) electrons. The van der Waals surface area contributed by atoms with E-state index >= 15 is 0 Å². The highest BCUT2D eigenvalue weighted by molar-refractivity contribution is 5.47. The van der Waals surface area contributed by atoms with Crippen molar-refractivity contribution in [2.75, 3.05) is 7.11 Å². The van der Waals surface area contributed by atoms with Gasteiger partial charge in [0.15, 0.2) is 6.29 Å². The molecule has 4 heteroatoms. The van der Waals surface area contributed by atoms with E-state index in [0.717, 1.165) is 5.52 Å². The van der Waals surface area contributed by atoms with Gasteiger partial charge in [-0.2, -0.15) is 0 Å². The highest BCUT2D eigenvalue weighted by Gasteiger charge is 2.11. The van der Waals surface area contributed by atoms with Crippen LogP contribution < -0.4 is 5.56 Å². The van der Waals surface area contributed by atoms with E-state index < -0.39 is 6.29 Å². The van der Waals surface area contributed by atoms with Gasteiger partial charge in [-0.3, -0.25) is 9.20 Å². The number of aliphatic hydroxyl groups is 1. The summed E-state index contributed by atoms with van der Waals surface area (Å²) in [5.74, 6) is 0. The van der Waals surface area contributed by atoms with Crippen molar-refractivity contribution in [3.05, 3.63) is 52.4 Å². The first-order chi connectivity index (χ1) is 7.24. The second-order valence-corrected chi connectivity index (χ2v) is 3.18. The van der Waals surface area contributed by atoms with Gasteiger partial charge < -0.3 is 9.84 Å². The second kappa shape index (κ2) is 3.84. The molecule has 0 aliphatic heterocycles. The second-order valence-electron chi connectivity index (χ2n) is 3.18. The Kier molecular flexibility index (Phi) is 2.53. The Labute approximate surface area is 86.4 Å². The van der Waals surface area contributed by atoms with E-state index in [0.29, 0.717) is 0 Å². The monoisotopic (exact) mass is 205 g/mol. The molecule has 4 nitrogen and oxygen atoms in total. The topological polar surface area (TPSA) is 50.9 Å². The molecule has 1 N–H and O–H groups in total. The molecule has 0 bridgehead atoms. The number of rotatable bonds is 2. The van der Waals surface area contributed by atoms with E-state index in [2.05, 4.69) is 0 Å². The van der Waals surface area contributed by atoms with E-state index in [9.17, 15) is 9.90 Å². The molecular formula is C11H11NO3. The van der Waals surface area contributed by atoms with Crippen molar-refractivity contribution < 1.29 is 9.84 Å². The Morgan fingerprint density at radius 3 is 2.87 bits per heavy atom. The van der Waals surface area contributed by atoms with Gasteiger partial charge in [0, 0.05) is 18.8 Å². The number of methoxy groups -OCH3 is 1. The molecule has 78 valence electrons. The summed E-state index contributed by atoms with van der Waals surface area (Å²) in [6.45, 7) is 0. The summed E-state index contributed by atoms with van der Waals surface area (Å²) < 4.78 is 6.18. The lowest BCUT2D eigenvalue weighted by Crippen LogP contribution is -2.21. The molecule has 1 unspecified atom stereocenters. The summed E-state index contributed by atoms with van der Waals surface area (Å²) in [6.07, 6.45) is 0.485. The van der Waals surface area contributed by atoms with Gasteiger partial charge >= 0.3 is 0 Å². The van der Waals surface area contributed by atoms with Crippen LogP contribution in [-0.2, 0) is 4.74 Å². The first-order valence-electron chi connectivity index (χ1n) is 4.55. The van der Waals surface area contributed by atoms with Crippen LogP contribution in [-0.4, -0.2) is 16.6 Å². The molecule has 2 rings (SSSR count). The van der Waals surface area contributed by atoms with Gasteiger partial charge in [-0.1, -0.05) is 6.07 Å². The molecule has 0 saturated carbocycles. The third-order valence-electron chi connectivity index (χ3n) is 2.28. The van der Waals surface area contributed by atoms with Crippen molar-refractivity contribution in [3.8, 4) is 0 Å². The zero-order valence-electron chi connectivity index (χ0n) is 8.25. The maximum Gasteiger partial charge on any atom is 0.263 e. The van der Waals surface area contributed by atoms with Crippen molar-refractivity contribution in [1.82, 2.24) is 4.40 Å². The number of pyridine rings is 2. The van der Waals surface area contributed by atoms with Crippen LogP contribution in [0.15, 0.2) is 41.3 Å². The van der Waals surface area contributed by atoms with Gasteiger partial charge in [-0.25, -0.2) is 0 Å². The van der Waals surface area contributed by atoms with Crippen LogP contribution in [0.2, 0.25) is 0 Å². The van der Waals surface area contributed by atoms with Crippen molar-refractivity contribution in [2.24, 2.45) is 0 Å². The maximum atomic E-state index is 11.9. The van der Waals surface area contributed by atoms with Gasteiger partial charge in [-0.15, -0.1) is 0 Å². The lowest BCUT2D eigenvalue weighted by Gasteiger charge is -2.09. The molecule has 0 aliphatic carbocycles. The zero-order valence-corrected chi connectivity index (χ0v) is 8.25. The molecule has 15 heavy (non-hydrogen) atoms. The quantitative estimate of drug-likeness (QED) is 0.742. The Morgan fingerprint density at radius 2 is 2.13 bits per heavy atom. The summed E-state index contributed by atoms with van der Waals surface area (Å²) in [5.41, 5.74) is 0.762. The molecule has 0 aliphatic rings. The fraction of sp³-hybridized carbons (Fsp3) is 0.182. The van der Waals surface area contributed by atoms with Crippen LogP contribution in [0.1, 0.15) is 11.9 Å². The average molecular weight is 205 g/mol. The third kappa shape index (κ3) is 1.65. The van der Waals surface area contributed by atoms with E-state index in [1.54, 1.807) is 24.4 Å². The van der Waals surface area contributed by atoms with E-state index in [1.807, 2.05) is 12.1 Å². The molecule has 0 fully saturated rings. The number of hydrogen-bond donors (Lipinski definition) is 1. The third-order valence-corrected chi connectivity index (χ3v) is 2.28. The van der Waals surface area contributed by atoms with Gasteiger partial charge in [0.05, 0.1) is 5.56 Å². The summed E-state index contributed by atoms with van der Waals surface area (Å²) >= 11 is 0. The Balaban J connectivity index is 2.71. The highest BCUT2D eigenvalue weighted by atomic mass is 16.6. The number of aromatic nitrogens is 1. The molecule has 0 saturated heterocycles. The minimum absolute atomic E-state index is 0.237. The number of aliphatic hydroxyl groups excluding tert-OH is 1. The van der Waals surface area contributed by atoms with Gasteiger partial charge in [0.2, 0.25) is 0 Å². The fourth-order valence-electron chi connectivity index (χ4n) is 1.48. The predicted octanol–water partition coefficient (Wildman–Crippen LogP) is 0.937. The van der Waals surface area contributed by atoms with Crippen LogP contribution in [0, 0.1) is 0 Å². The van der Waals surface area contributed by atoms with Crippen molar-refractivity contribution in [1.29, 1.82) is 0 Å². The normalized spacial score (nSPS) is 12.9. The standard InChI is InChI=1S/C11H11NO3/c1-15-11(14)9-6-5-8-4-2-3-7-12(8)10(9)13/h2-7,11,14H,1H3. The fourth-order valence-corrected chi connectivity index (χ4v) is 1.48. The maximum absolute atomic E-state index is 11.9. The van der Waals surface area contributed by atoms with Crippen LogP contribution >= 0.6 is 0 Å². The van der Waals surface area contributed by atoms with Crippen LogP contribution in [0.5, 0.6) is 0 Å². The van der Waals surface area contributed by atoms with Crippen molar-refractivity contribution in [3.63, 3.8) is 0 Å². The van der Waals surface area contributed by atoms with E-state index in [-0.39, 0.29) is 11.1 Å². The number of nitrogens with zero attached hydrogens (tertiary/aromatic N) is 1. The van der Waals surface area contributed by atoms with Crippen LogP contribution in [0.4, 0.5) is 0 Å². The summed E-state index contributed by atoms with van der Waals surface area (Å²) in [6, 6.07) is 8.77. The summed E-state index contributed by atoms with van der Waals surface area (Å²) in [7, 11) is 1.35. The van der Waals surface area contributed by atoms with Crippen LogP contribution in [0.25, 0.3) is 5.52 Å². The molecule has 2 aromatic rings. The van der Waals surface area contributed by atoms with Crippen molar-refractivity contribution in [2.45, 2.75) is 6.29 Å². The Hall–Kier alpha value is -1.65. The minimum atomic E-state index is -1.17. The first-order valence-corrected chi connectivity index (χ1v) is 4.55. The molecule has 0 aromatic carbocycles. The smallest absolute Gasteiger partial charge is 0.263 e. The number of hydrogen-bond acceptors (Lipinski definition) is 3. The summed E-state index contributed by atoms with van der Waals surface area (Å²) in [5, 5.41) is 9.43. The first kappa shape index (κ1) is 9.89. The Bertz CT molecular complexity index is 533. The average Bonchev–Trinajstić information content (AvgIpc) is 2.29. The molecule has 1 atom stereocenters. The van der Waals surface area contributed by atoms with Crippen molar-refractivity contribution >= 4 is 5.52 Å². The van der Waals surface area contributed by atoms with Crippen LogP contribution in [0.3, 0.4) is 0 Å². The molecule has 2 aromatic heterocycles. The van der Waals surface area contributed by atoms with Gasteiger partial charge in [-0.05, 0) is 24.3 Å². The van der Waals surface area contributed by atoms with E-state index in [1.165, 1.54) is 11.5 Å². The zero-order chi connectivity index (χ0) is 10.8. The van der Waals surface area contributed by atoms with Gasteiger partial charge in [0.1, 0.15) is 0 Å².